The van der Waals surface area contributed by atoms with Crippen molar-refractivity contribution in [3.8, 4) is 0 Å². The van der Waals surface area contributed by atoms with Gasteiger partial charge < -0.3 is 10.4 Å². The molecule has 112 valence electrons. The fraction of sp³-hybridized carbons (Fsp3) is 0.500. The summed E-state index contributed by atoms with van der Waals surface area (Å²) in [6.07, 6.45) is 4.38. The number of hydrogen-bond acceptors (Lipinski definition) is 3. The predicted molar refractivity (Wildman–Crippen MR) is 79.3 cm³/mol. The molecule has 2 aliphatic rings. The monoisotopic (exact) mass is 288 g/mol. The molecule has 1 fully saturated rings. The Labute approximate surface area is 123 Å². The van der Waals surface area contributed by atoms with Crippen molar-refractivity contribution in [2.24, 2.45) is 0 Å². The van der Waals surface area contributed by atoms with Crippen molar-refractivity contribution in [2.45, 2.75) is 44.2 Å². The second kappa shape index (κ2) is 5.85. The van der Waals surface area contributed by atoms with Gasteiger partial charge in [0, 0.05) is 12.1 Å². The quantitative estimate of drug-likeness (QED) is 0.866. The van der Waals surface area contributed by atoms with Crippen LogP contribution in [0.2, 0.25) is 0 Å². The zero-order valence-corrected chi connectivity index (χ0v) is 11.9. The topological polar surface area (TPSA) is 69.6 Å². The molecule has 2 N–H and O–H groups in total. The number of nitrogens with one attached hydrogen (secondary N) is 1. The average molecular weight is 288 g/mol. The van der Waals surface area contributed by atoms with Gasteiger partial charge in [0.1, 0.15) is 6.04 Å². The Morgan fingerprint density at radius 2 is 2.00 bits per heavy atom. The molecule has 0 radical (unpaired) electrons. The predicted octanol–water partition coefficient (Wildman–Crippen LogP) is 1.56. The highest BCUT2D eigenvalue weighted by Gasteiger charge is 2.40. The van der Waals surface area contributed by atoms with Gasteiger partial charge in [0.05, 0.1) is 6.04 Å². The number of carboxylic acids is 1. The van der Waals surface area contributed by atoms with E-state index < -0.39 is 12.0 Å². The smallest absolute Gasteiger partial charge is 0.327 e. The lowest BCUT2D eigenvalue weighted by Crippen LogP contribution is -2.51. The van der Waals surface area contributed by atoms with E-state index in [1.54, 1.807) is 0 Å². The first kappa shape index (κ1) is 14.1. The van der Waals surface area contributed by atoms with E-state index in [0.717, 1.165) is 43.5 Å². The number of nitrogens with zero attached hydrogens (tertiary/aromatic N) is 1. The Morgan fingerprint density at radius 3 is 2.81 bits per heavy atom. The zero-order chi connectivity index (χ0) is 14.8. The van der Waals surface area contributed by atoms with Crippen LogP contribution in [0.3, 0.4) is 0 Å². The van der Waals surface area contributed by atoms with Crippen LogP contribution in [0.25, 0.3) is 0 Å². The summed E-state index contributed by atoms with van der Waals surface area (Å²) in [6, 6.07) is 6.44. The number of para-hydroxylation sites is 1. The molecular weight excluding hydrogens is 268 g/mol. The number of anilines is 1. The maximum atomic E-state index is 12.8. The lowest BCUT2D eigenvalue weighted by molar-refractivity contribution is -0.140. The third-order valence-electron chi connectivity index (χ3n) is 4.36. The standard InChI is InChI=1S/C16H20N2O3/c19-15(12-7-2-1-5-9-17-12)18-13-8-4-3-6-11(13)10-14(18)16(20)21/h3-4,6,8,12,14,17H,1-2,5,7,9-10H2,(H,20,21)/t12?,14-/m0/s1. The van der Waals surface area contributed by atoms with Crippen LogP contribution in [0.5, 0.6) is 0 Å². The third kappa shape index (κ3) is 2.65. The van der Waals surface area contributed by atoms with E-state index in [0.29, 0.717) is 6.42 Å². The summed E-state index contributed by atoms with van der Waals surface area (Å²) in [5.74, 6) is -1.04. The van der Waals surface area contributed by atoms with E-state index in [1.165, 1.54) is 4.90 Å². The van der Waals surface area contributed by atoms with Gasteiger partial charge in [-0.15, -0.1) is 0 Å². The molecule has 21 heavy (non-hydrogen) atoms. The Bertz CT molecular complexity index is 550. The van der Waals surface area contributed by atoms with E-state index in [2.05, 4.69) is 5.32 Å². The Kier molecular flexibility index (Phi) is 3.92. The van der Waals surface area contributed by atoms with Gasteiger partial charge >= 0.3 is 5.97 Å². The lowest BCUT2D eigenvalue weighted by atomic mass is 10.1. The van der Waals surface area contributed by atoms with E-state index >= 15 is 0 Å². The summed E-state index contributed by atoms with van der Waals surface area (Å²) in [7, 11) is 0. The molecule has 2 heterocycles. The molecule has 5 heteroatoms. The van der Waals surface area contributed by atoms with Crippen molar-refractivity contribution in [3.05, 3.63) is 29.8 Å². The summed E-state index contributed by atoms with van der Waals surface area (Å²) in [5.41, 5.74) is 1.69. The summed E-state index contributed by atoms with van der Waals surface area (Å²) in [5, 5.41) is 12.7. The van der Waals surface area contributed by atoms with Crippen LogP contribution in [0.1, 0.15) is 31.2 Å². The van der Waals surface area contributed by atoms with Gasteiger partial charge in [0.15, 0.2) is 0 Å². The molecule has 2 aliphatic heterocycles. The summed E-state index contributed by atoms with van der Waals surface area (Å²) in [4.78, 5) is 25.8. The van der Waals surface area contributed by atoms with Crippen LogP contribution in [0.15, 0.2) is 24.3 Å². The molecular formula is C16H20N2O3. The number of fused-ring (bicyclic) bond motifs is 1. The molecule has 0 saturated carbocycles. The third-order valence-corrected chi connectivity index (χ3v) is 4.36. The molecule has 1 saturated heterocycles. The average Bonchev–Trinajstić information content (AvgIpc) is 2.67. The van der Waals surface area contributed by atoms with Gasteiger partial charge in [0.25, 0.3) is 0 Å². The van der Waals surface area contributed by atoms with E-state index in [4.69, 9.17) is 0 Å². The van der Waals surface area contributed by atoms with Crippen molar-refractivity contribution in [1.29, 1.82) is 0 Å². The first-order chi connectivity index (χ1) is 10.2. The molecule has 0 spiro atoms. The largest absolute Gasteiger partial charge is 0.480 e. The van der Waals surface area contributed by atoms with Gasteiger partial charge in [-0.25, -0.2) is 4.79 Å². The number of hydrogen-bond donors (Lipinski definition) is 2. The number of carbonyl (C=O) groups is 2. The molecule has 1 unspecified atom stereocenters. The van der Waals surface area contributed by atoms with Crippen molar-refractivity contribution in [1.82, 2.24) is 5.32 Å². The minimum Gasteiger partial charge on any atom is -0.480 e. The summed E-state index contributed by atoms with van der Waals surface area (Å²) < 4.78 is 0. The normalized spacial score (nSPS) is 25.2. The molecule has 0 bridgehead atoms. The molecule has 1 aromatic carbocycles. The van der Waals surface area contributed by atoms with Crippen LogP contribution in [-0.4, -0.2) is 35.6 Å². The Morgan fingerprint density at radius 1 is 1.19 bits per heavy atom. The molecule has 0 aromatic heterocycles. The fourth-order valence-electron chi connectivity index (χ4n) is 3.26. The van der Waals surface area contributed by atoms with Gasteiger partial charge in [-0.3, -0.25) is 9.69 Å². The van der Waals surface area contributed by atoms with Gasteiger partial charge in [-0.1, -0.05) is 31.0 Å². The van der Waals surface area contributed by atoms with E-state index in [1.807, 2.05) is 24.3 Å². The van der Waals surface area contributed by atoms with Gasteiger partial charge in [-0.2, -0.15) is 0 Å². The Balaban J connectivity index is 1.89. The molecule has 5 nitrogen and oxygen atoms in total. The molecule has 1 aromatic rings. The number of benzene rings is 1. The maximum Gasteiger partial charge on any atom is 0.327 e. The second-order valence-corrected chi connectivity index (χ2v) is 5.75. The first-order valence-electron chi connectivity index (χ1n) is 7.55. The maximum absolute atomic E-state index is 12.8. The van der Waals surface area contributed by atoms with Crippen LogP contribution in [-0.2, 0) is 16.0 Å². The van der Waals surface area contributed by atoms with Crippen molar-refractivity contribution >= 4 is 17.6 Å². The minimum atomic E-state index is -0.937. The first-order valence-corrected chi connectivity index (χ1v) is 7.55. The minimum absolute atomic E-state index is 0.103. The second-order valence-electron chi connectivity index (χ2n) is 5.75. The molecule has 2 atom stereocenters. The number of rotatable bonds is 2. The number of amides is 1. The highest BCUT2D eigenvalue weighted by molar-refractivity contribution is 6.04. The van der Waals surface area contributed by atoms with Gasteiger partial charge in [0.2, 0.25) is 5.91 Å². The van der Waals surface area contributed by atoms with Crippen molar-refractivity contribution in [3.63, 3.8) is 0 Å². The highest BCUT2D eigenvalue weighted by atomic mass is 16.4. The lowest BCUT2D eigenvalue weighted by Gasteiger charge is -2.27. The van der Waals surface area contributed by atoms with E-state index in [-0.39, 0.29) is 11.9 Å². The zero-order valence-electron chi connectivity index (χ0n) is 11.9. The SMILES string of the molecule is O=C(O)[C@@H]1Cc2ccccc2N1C(=O)C1CCCCCN1. The number of aliphatic carboxylic acids is 1. The van der Waals surface area contributed by atoms with Crippen LogP contribution in [0.4, 0.5) is 5.69 Å². The highest BCUT2D eigenvalue weighted by Crippen LogP contribution is 2.33. The van der Waals surface area contributed by atoms with Crippen molar-refractivity contribution < 1.29 is 14.7 Å². The van der Waals surface area contributed by atoms with Crippen molar-refractivity contribution in [2.75, 3.05) is 11.4 Å². The van der Waals surface area contributed by atoms with Crippen LogP contribution >= 0.6 is 0 Å². The molecule has 3 rings (SSSR count). The Hall–Kier alpha value is -1.88. The molecule has 1 amide bonds. The fourth-order valence-corrected chi connectivity index (χ4v) is 3.26. The number of carboxylic acid groups (broad SMARTS) is 1. The van der Waals surface area contributed by atoms with E-state index in [9.17, 15) is 14.7 Å². The van der Waals surface area contributed by atoms with Crippen LogP contribution in [0, 0.1) is 0 Å². The van der Waals surface area contributed by atoms with Gasteiger partial charge in [-0.05, 0) is 31.0 Å². The van der Waals surface area contributed by atoms with Crippen LogP contribution < -0.4 is 10.2 Å². The summed E-state index contributed by atoms with van der Waals surface area (Å²) >= 11 is 0. The summed E-state index contributed by atoms with van der Waals surface area (Å²) in [6.45, 7) is 0.823. The molecule has 0 aliphatic carbocycles. The number of carbonyl (C=O) groups excluding carboxylic acids is 1.